The van der Waals surface area contributed by atoms with Gasteiger partial charge in [-0.3, -0.25) is 0 Å². The summed E-state index contributed by atoms with van der Waals surface area (Å²) < 4.78 is 6.52. The summed E-state index contributed by atoms with van der Waals surface area (Å²) in [6, 6.07) is 96.2. The van der Waals surface area contributed by atoms with Crippen LogP contribution in [0.2, 0.25) is 0 Å². The highest BCUT2D eigenvalue weighted by atomic mass is 16.3. The Labute approximate surface area is 412 Å². The molecule has 0 unspecified atom stereocenters. The van der Waals surface area contributed by atoms with E-state index in [1.807, 2.05) is 0 Å². The van der Waals surface area contributed by atoms with Crippen LogP contribution in [0.3, 0.4) is 0 Å². The molecule has 0 saturated carbocycles. The standard InChI is InChI=1S/C69H43NO/c1-2-16-49-42-68-61(40-48(49)15-1)60-41-50(34-39-67(60)71-68)55-19-8-12-27-66(55)70(51-35-32-45(33-36-51)44-28-30-47(31-29-44)54-23-13-17-46-14-3-4-18-53(46)54)52-37-38-59-58-22-7-11-26-64(58)69(65(59)43-52)62-24-9-5-20-56(62)57-21-6-10-25-63(57)69/h1-43H. The summed E-state index contributed by atoms with van der Waals surface area (Å²) >= 11 is 0. The minimum absolute atomic E-state index is 0.472. The minimum Gasteiger partial charge on any atom is -0.456 e. The highest BCUT2D eigenvalue weighted by Gasteiger charge is 2.51. The fraction of sp³-hybridized carbons (Fsp3) is 0.0145. The van der Waals surface area contributed by atoms with Crippen LogP contribution in [-0.4, -0.2) is 0 Å². The van der Waals surface area contributed by atoms with Gasteiger partial charge in [-0.05, 0) is 148 Å². The molecule has 1 heterocycles. The summed E-state index contributed by atoms with van der Waals surface area (Å²) in [7, 11) is 0. The van der Waals surface area contributed by atoms with Crippen molar-refractivity contribution >= 4 is 60.5 Å². The molecule has 2 nitrogen and oxygen atoms in total. The van der Waals surface area contributed by atoms with Crippen LogP contribution >= 0.6 is 0 Å². The lowest BCUT2D eigenvalue weighted by Gasteiger charge is -2.32. The lowest BCUT2D eigenvalue weighted by molar-refractivity contribution is 0.669. The van der Waals surface area contributed by atoms with Crippen molar-refractivity contribution in [2.45, 2.75) is 5.41 Å². The van der Waals surface area contributed by atoms with Gasteiger partial charge < -0.3 is 9.32 Å². The Morgan fingerprint density at radius 1 is 0.268 bits per heavy atom. The number of anilines is 3. The van der Waals surface area contributed by atoms with Gasteiger partial charge in [-0.2, -0.15) is 0 Å². The van der Waals surface area contributed by atoms with Gasteiger partial charge in [0.1, 0.15) is 11.2 Å². The Balaban J connectivity index is 0.909. The fourth-order valence-electron chi connectivity index (χ4n) is 12.3. The predicted octanol–water partition coefficient (Wildman–Crippen LogP) is 18.7. The van der Waals surface area contributed by atoms with Gasteiger partial charge in [0.05, 0.1) is 11.1 Å². The van der Waals surface area contributed by atoms with Gasteiger partial charge in [-0.15, -0.1) is 0 Å². The van der Waals surface area contributed by atoms with Gasteiger partial charge in [-0.1, -0.05) is 206 Å². The molecular weight excluding hydrogens is 859 g/mol. The van der Waals surface area contributed by atoms with Crippen molar-refractivity contribution in [1.82, 2.24) is 0 Å². The topological polar surface area (TPSA) is 16.4 Å². The van der Waals surface area contributed by atoms with E-state index < -0.39 is 5.41 Å². The van der Waals surface area contributed by atoms with Gasteiger partial charge in [0, 0.05) is 27.7 Å². The Bertz CT molecular complexity index is 4220. The number of benzene rings is 12. The molecule has 71 heavy (non-hydrogen) atoms. The summed E-state index contributed by atoms with van der Waals surface area (Å²) in [4.78, 5) is 2.47. The lowest BCUT2D eigenvalue weighted by atomic mass is 9.70. The van der Waals surface area contributed by atoms with Gasteiger partial charge >= 0.3 is 0 Å². The highest BCUT2D eigenvalue weighted by Crippen LogP contribution is 2.63. The molecule has 1 aromatic heterocycles. The van der Waals surface area contributed by atoms with E-state index in [0.29, 0.717) is 0 Å². The molecule has 15 rings (SSSR count). The molecule has 0 bridgehead atoms. The van der Waals surface area contributed by atoms with E-state index >= 15 is 0 Å². The number of hydrogen-bond donors (Lipinski definition) is 0. The van der Waals surface area contributed by atoms with Crippen LogP contribution in [0.15, 0.2) is 265 Å². The maximum atomic E-state index is 6.52. The second kappa shape index (κ2) is 15.4. The van der Waals surface area contributed by atoms with E-state index in [0.717, 1.165) is 50.1 Å². The fourth-order valence-corrected chi connectivity index (χ4v) is 12.3. The number of para-hydroxylation sites is 1. The molecule has 0 N–H and O–H groups in total. The van der Waals surface area contributed by atoms with Crippen molar-refractivity contribution in [3.05, 3.63) is 283 Å². The van der Waals surface area contributed by atoms with Crippen molar-refractivity contribution in [3.63, 3.8) is 0 Å². The van der Waals surface area contributed by atoms with Gasteiger partial charge in [-0.25, -0.2) is 0 Å². The summed E-state index contributed by atoms with van der Waals surface area (Å²) in [5.41, 5.74) is 22.1. The molecule has 13 aromatic rings. The first-order valence-electron chi connectivity index (χ1n) is 24.6. The Hall–Kier alpha value is -9.24. The van der Waals surface area contributed by atoms with Crippen LogP contribution in [-0.2, 0) is 5.41 Å². The third kappa shape index (κ3) is 5.89. The van der Waals surface area contributed by atoms with Crippen LogP contribution < -0.4 is 4.90 Å². The zero-order valence-electron chi connectivity index (χ0n) is 38.7. The smallest absolute Gasteiger partial charge is 0.136 e. The summed E-state index contributed by atoms with van der Waals surface area (Å²) in [5, 5.41) is 7.12. The van der Waals surface area contributed by atoms with E-state index in [1.54, 1.807) is 0 Å². The van der Waals surface area contributed by atoms with Crippen molar-refractivity contribution in [1.29, 1.82) is 0 Å². The number of fused-ring (bicyclic) bond motifs is 15. The van der Waals surface area contributed by atoms with Gasteiger partial charge in [0.25, 0.3) is 0 Å². The molecule has 0 saturated heterocycles. The molecule has 2 heteroatoms. The third-order valence-corrected chi connectivity index (χ3v) is 15.5. The highest BCUT2D eigenvalue weighted by molar-refractivity contribution is 6.11. The maximum Gasteiger partial charge on any atom is 0.136 e. The molecule has 0 aliphatic heterocycles. The molecule has 0 atom stereocenters. The zero-order chi connectivity index (χ0) is 46.6. The summed E-state index contributed by atoms with van der Waals surface area (Å²) in [6.45, 7) is 0. The van der Waals surface area contributed by atoms with E-state index in [1.165, 1.54) is 88.3 Å². The molecule has 1 spiro atoms. The zero-order valence-corrected chi connectivity index (χ0v) is 38.7. The first kappa shape index (κ1) is 39.7. The molecule has 0 amide bonds. The predicted molar refractivity (Wildman–Crippen MR) is 296 cm³/mol. The Morgan fingerprint density at radius 3 is 1.46 bits per heavy atom. The van der Waals surface area contributed by atoms with E-state index in [-0.39, 0.29) is 0 Å². The molecular formula is C69H43NO. The number of nitrogens with zero attached hydrogens (tertiary/aromatic N) is 1. The van der Waals surface area contributed by atoms with Gasteiger partial charge in [0.15, 0.2) is 0 Å². The van der Waals surface area contributed by atoms with Gasteiger partial charge in [0.2, 0.25) is 0 Å². The van der Waals surface area contributed by atoms with Crippen LogP contribution in [0.5, 0.6) is 0 Å². The first-order chi connectivity index (χ1) is 35.2. The molecule has 2 aliphatic carbocycles. The molecule has 12 aromatic carbocycles. The summed E-state index contributed by atoms with van der Waals surface area (Å²) in [5.74, 6) is 0. The van der Waals surface area contributed by atoms with Crippen molar-refractivity contribution < 1.29 is 4.42 Å². The van der Waals surface area contributed by atoms with Crippen LogP contribution in [0.1, 0.15) is 22.3 Å². The average molecular weight is 902 g/mol. The van der Waals surface area contributed by atoms with Crippen LogP contribution in [0.4, 0.5) is 17.1 Å². The normalized spacial score (nSPS) is 12.9. The van der Waals surface area contributed by atoms with Crippen molar-refractivity contribution in [2.75, 3.05) is 4.90 Å². The van der Waals surface area contributed by atoms with E-state index in [2.05, 4.69) is 266 Å². The molecule has 0 fully saturated rings. The van der Waals surface area contributed by atoms with E-state index in [9.17, 15) is 0 Å². The second-order valence-corrected chi connectivity index (χ2v) is 19.1. The maximum absolute atomic E-state index is 6.52. The largest absolute Gasteiger partial charge is 0.456 e. The summed E-state index contributed by atoms with van der Waals surface area (Å²) in [6.07, 6.45) is 0. The molecule has 2 aliphatic rings. The van der Waals surface area contributed by atoms with Crippen molar-refractivity contribution in [2.24, 2.45) is 0 Å². The third-order valence-electron chi connectivity index (χ3n) is 15.5. The average Bonchev–Trinajstić information content (AvgIpc) is 4.06. The number of hydrogen-bond acceptors (Lipinski definition) is 2. The van der Waals surface area contributed by atoms with Crippen molar-refractivity contribution in [3.8, 4) is 55.6 Å². The van der Waals surface area contributed by atoms with Crippen LogP contribution in [0, 0.1) is 0 Å². The SMILES string of the molecule is c1ccc(N(c2ccc(-c3ccc(-c4cccc5ccccc45)cc3)cc2)c2ccc3c(c2)C2(c4ccccc4-c4ccccc42)c2ccccc2-3)c(-c2ccc3oc4cc5ccccc5cc4c3c2)c1. The number of rotatable bonds is 6. The van der Waals surface area contributed by atoms with Crippen LogP contribution in [0.25, 0.3) is 99.1 Å². The second-order valence-electron chi connectivity index (χ2n) is 19.1. The molecule has 0 radical (unpaired) electrons. The molecule has 330 valence electrons. The number of furan rings is 1. The quantitative estimate of drug-likeness (QED) is 0.165. The lowest BCUT2D eigenvalue weighted by Crippen LogP contribution is -2.26. The van der Waals surface area contributed by atoms with E-state index in [4.69, 9.17) is 4.42 Å². The first-order valence-corrected chi connectivity index (χ1v) is 24.6. The Kier molecular flexibility index (Phi) is 8.61. The Morgan fingerprint density at radius 2 is 0.761 bits per heavy atom. The monoisotopic (exact) mass is 901 g/mol. The minimum atomic E-state index is -0.472.